The minimum Gasteiger partial charge on any atom is -0.313 e. The topological polar surface area (TPSA) is 69.5 Å². The van der Waals surface area contributed by atoms with E-state index in [0.717, 1.165) is 24.3 Å². The van der Waals surface area contributed by atoms with E-state index < -0.39 is 5.69 Å². The second kappa shape index (κ2) is 7.20. The summed E-state index contributed by atoms with van der Waals surface area (Å²) in [7, 11) is 5.67. The molecule has 0 fully saturated rings. The van der Waals surface area contributed by atoms with Crippen molar-refractivity contribution in [2.45, 2.75) is 20.0 Å². The molecule has 8 nitrogen and oxygen atoms in total. The Morgan fingerprint density at radius 2 is 1.79 bits per heavy atom. The van der Waals surface area contributed by atoms with Crippen LogP contribution in [0.25, 0.3) is 16.9 Å². The van der Waals surface area contributed by atoms with Crippen molar-refractivity contribution >= 4 is 28.5 Å². The van der Waals surface area contributed by atoms with Gasteiger partial charge in [0.25, 0.3) is 5.56 Å². The van der Waals surface area contributed by atoms with Gasteiger partial charge in [-0.25, -0.2) is 4.79 Å². The Balaban J connectivity index is 1.92. The number of halogens is 1. The molecule has 0 saturated carbocycles. The smallest absolute Gasteiger partial charge is 0.313 e. The van der Waals surface area contributed by atoms with Gasteiger partial charge in [0.05, 0.1) is 6.54 Å². The van der Waals surface area contributed by atoms with Crippen LogP contribution in [-0.2, 0) is 20.1 Å². The van der Waals surface area contributed by atoms with Gasteiger partial charge in [0.15, 0.2) is 11.2 Å². The number of aryl methyl sites for hydroxylation is 2. The van der Waals surface area contributed by atoms with Crippen molar-refractivity contribution in [3.63, 3.8) is 0 Å². The third-order valence-electron chi connectivity index (χ3n) is 5.17. The number of hydrogen-bond donors (Lipinski definition) is 0. The van der Waals surface area contributed by atoms with Crippen LogP contribution in [0.1, 0.15) is 11.3 Å². The molecule has 1 aromatic carbocycles. The normalized spacial score (nSPS) is 11.9. The van der Waals surface area contributed by atoms with E-state index in [2.05, 4.69) is 14.5 Å². The maximum Gasteiger partial charge on any atom is 0.332 e. The van der Waals surface area contributed by atoms with E-state index in [0.29, 0.717) is 22.0 Å². The number of benzene rings is 1. The van der Waals surface area contributed by atoms with Crippen LogP contribution in [0, 0.1) is 6.92 Å². The zero-order chi connectivity index (χ0) is 20.9. The second-order valence-electron chi connectivity index (χ2n) is 7.54. The van der Waals surface area contributed by atoms with E-state index in [1.165, 1.54) is 9.13 Å². The molecule has 0 unspecified atom stereocenters. The van der Waals surface area contributed by atoms with Crippen molar-refractivity contribution in [3.8, 4) is 0 Å². The molecular formula is C20H23ClN6O2. The third-order valence-corrected chi connectivity index (χ3v) is 5.42. The zero-order valence-electron chi connectivity index (χ0n) is 16.9. The van der Waals surface area contributed by atoms with Gasteiger partial charge in [-0.1, -0.05) is 23.7 Å². The van der Waals surface area contributed by atoms with E-state index in [-0.39, 0.29) is 12.1 Å². The Bertz CT molecular complexity index is 1320. The van der Waals surface area contributed by atoms with Crippen molar-refractivity contribution < 1.29 is 0 Å². The zero-order valence-corrected chi connectivity index (χ0v) is 17.6. The number of hydrogen-bond acceptors (Lipinski definition) is 4. The predicted molar refractivity (Wildman–Crippen MR) is 114 cm³/mol. The molecule has 0 radical (unpaired) electrons. The average Bonchev–Trinajstić information content (AvgIpc) is 3.18. The molecule has 9 heteroatoms. The highest BCUT2D eigenvalue weighted by Gasteiger charge is 2.20. The van der Waals surface area contributed by atoms with Crippen molar-refractivity contribution in [1.82, 2.24) is 28.0 Å². The third kappa shape index (κ3) is 3.28. The van der Waals surface area contributed by atoms with Gasteiger partial charge in [-0.3, -0.25) is 18.3 Å². The van der Waals surface area contributed by atoms with Crippen LogP contribution in [0.4, 0.5) is 0 Å². The van der Waals surface area contributed by atoms with Crippen LogP contribution in [-0.4, -0.2) is 48.6 Å². The molecule has 3 heterocycles. The second-order valence-corrected chi connectivity index (χ2v) is 7.98. The largest absolute Gasteiger partial charge is 0.332 e. The van der Waals surface area contributed by atoms with Crippen LogP contribution < -0.4 is 11.2 Å². The molecule has 0 spiro atoms. The van der Waals surface area contributed by atoms with Gasteiger partial charge in [-0.2, -0.15) is 4.98 Å². The summed E-state index contributed by atoms with van der Waals surface area (Å²) >= 11 is 5.94. The van der Waals surface area contributed by atoms with E-state index in [1.807, 2.05) is 39.3 Å². The molecule has 152 valence electrons. The molecule has 0 bridgehead atoms. The summed E-state index contributed by atoms with van der Waals surface area (Å²) in [6, 6.07) is 7.12. The number of nitrogens with zero attached hydrogens (tertiary/aromatic N) is 6. The molecule has 0 saturated heterocycles. The van der Waals surface area contributed by atoms with Crippen molar-refractivity contribution in [2.75, 3.05) is 20.6 Å². The molecule has 0 aliphatic heterocycles. The lowest BCUT2D eigenvalue weighted by molar-refractivity contribution is 0.384. The van der Waals surface area contributed by atoms with Gasteiger partial charge in [-0.15, -0.1) is 0 Å². The monoisotopic (exact) mass is 414 g/mol. The number of rotatable bonds is 5. The van der Waals surface area contributed by atoms with E-state index in [9.17, 15) is 9.59 Å². The quantitative estimate of drug-likeness (QED) is 0.498. The van der Waals surface area contributed by atoms with Crippen LogP contribution in [0.3, 0.4) is 0 Å². The lowest BCUT2D eigenvalue weighted by Crippen LogP contribution is -2.39. The highest BCUT2D eigenvalue weighted by molar-refractivity contribution is 6.30. The Hall–Kier alpha value is -2.84. The summed E-state index contributed by atoms with van der Waals surface area (Å²) in [5, 5.41) is 0.608. The Labute approximate surface area is 172 Å². The number of imidazole rings is 2. The minimum atomic E-state index is -0.394. The molecule has 4 aromatic rings. The fourth-order valence-corrected chi connectivity index (χ4v) is 3.67. The van der Waals surface area contributed by atoms with Gasteiger partial charge in [-0.05, 0) is 38.7 Å². The Kier molecular flexibility index (Phi) is 4.84. The molecule has 0 aliphatic carbocycles. The summed E-state index contributed by atoms with van der Waals surface area (Å²) in [5.41, 5.74) is 1.89. The van der Waals surface area contributed by atoms with Crippen LogP contribution in [0.15, 0.2) is 40.1 Å². The first-order valence-electron chi connectivity index (χ1n) is 9.35. The average molecular weight is 415 g/mol. The molecule has 0 amide bonds. The number of fused-ring (bicyclic) bond motifs is 3. The maximum atomic E-state index is 13.3. The van der Waals surface area contributed by atoms with Crippen LogP contribution >= 0.6 is 11.6 Å². The highest BCUT2D eigenvalue weighted by atomic mass is 35.5. The molecule has 29 heavy (non-hydrogen) atoms. The lowest BCUT2D eigenvalue weighted by Gasteiger charge is -2.11. The minimum absolute atomic E-state index is 0.173. The fourth-order valence-electron chi connectivity index (χ4n) is 3.54. The summed E-state index contributed by atoms with van der Waals surface area (Å²) < 4.78 is 6.53. The lowest BCUT2D eigenvalue weighted by atomic mass is 10.2. The van der Waals surface area contributed by atoms with Gasteiger partial charge in [0.1, 0.15) is 0 Å². The van der Waals surface area contributed by atoms with Crippen molar-refractivity contribution in [2.24, 2.45) is 7.05 Å². The molecule has 4 rings (SSSR count). The fraction of sp³-hybridized carbons (Fsp3) is 0.350. The van der Waals surface area contributed by atoms with Crippen LogP contribution in [0.5, 0.6) is 0 Å². The standard InChI is InChI=1S/C20H23ClN6O2/c1-13-11-26-16-17(22-19(26)25(13)10-9-23(2)3)24(4)20(29)27(18(16)28)12-14-5-7-15(21)8-6-14/h5-8,11H,9-10,12H2,1-4H3. The highest BCUT2D eigenvalue weighted by Crippen LogP contribution is 2.16. The Morgan fingerprint density at radius 3 is 2.45 bits per heavy atom. The van der Waals surface area contributed by atoms with Gasteiger partial charge in [0, 0.05) is 37.1 Å². The summed E-state index contributed by atoms with van der Waals surface area (Å²) in [5.74, 6) is 0.663. The Morgan fingerprint density at radius 1 is 1.10 bits per heavy atom. The van der Waals surface area contributed by atoms with E-state index in [1.54, 1.807) is 23.6 Å². The number of aromatic nitrogens is 5. The van der Waals surface area contributed by atoms with Gasteiger partial charge in [0.2, 0.25) is 5.78 Å². The first kappa shape index (κ1) is 19.5. The summed E-state index contributed by atoms with van der Waals surface area (Å²) in [4.78, 5) is 32.9. The first-order chi connectivity index (χ1) is 13.8. The molecule has 0 aliphatic rings. The molecule has 0 atom stereocenters. The predicted octanol–water partition coefficient (Wildman–Crippen LogP) is 1.72. The SMILES string of the molecule is Cc1cn2c3c(=O)n(Cc4ccc(Cl)cc4)c(=O)n(C)c3nc2n1CCN(C)C. The van der Waals surface area contributed by atoms with Crippen molar-refractivity contribution in [3.05, 3.63) is 67.6 Å². The van der Waals surface area contributed by atoms with E-state index >= 15 is 0 Å². The molecule has 3 aromatic heterocycles. The van der Waals surface area contributed by atoms with Gasteiger partial charge < -0.3 is 9.47 Å². The molecular weight excluding hydrogens is 392 g/mol. The summed E-state index contributed by atoms with van der Waals surface area (Å²) in [6.45, 7) is 3.75. The van der Waals surface area contributed by atoms with Crippen molar-refractivity contribution in [1.29, 1.82) is 0 Å². The maximum absolute atomic E-state index is 13.3. The summed E-state index contributed by atoms with van der Waals surface area (Å²) in [6.07, 6.45) is 1.90. The number of likely N-dealkylation sites (N-methyl/N-ethyl adjacent to an activating group) is 1. The van der Waals surface area contributed by atoms with Crippen LogP contribution in [0.2, 0.25) is 5.02 Å². The molecule has 0 N–H and O–H groups in total. The van der Waals surface area contributed by atoms with Gasteiger partial charge >= 0.3 is 5.69 Å². The van der Waals surface area contributed by atoms with E-state index in [4.69, 9.17) is 11.6 Å². The first-order valence-corrected chi connectivity index (χ1v) is 9.72.